The minimum atomic E-state index is 0.644. The minimum Gasteiger partial charge on any atom is -0.497 e. The Morgan fingerprint density at radius 2 is 1.90 bits per heavy atom. The molecule has 1 aromatic rings. The number of rotatable bonds is 6. The molecule has 1 aliphatic rings. The quantitative estimate of drug-likeness (QED) is 0.870. The van der Waals surface area contributed by atoms with Crippen molar-refractivity contribution in [1.29, 1.82) is 0 Å². The molecule has 2 rings (SSSR count). The molecule has 0 atom stereocenters. The van der Waals surface area contributed by atoms with Crippen LogP contribution >= 0.6 is 11.8 Å². The van der Waals surface area contributed by atoms with Gasteiger partial charge in [-0.05, 0) is 38.0 Å². The van der Waals surface area contributed by atoms with Gasteiger partial charge >= 0.3 is 0 Å². The number of nitrogens with one attached hydrogen (secondary N) is 1. The van der Waals surface area contributed by atoms with E-state index in [1.165, 1.54) is 31.2 Å². The third-order valence-electron chi connectivity index (χ3n) is 4.08. The number of methoxy groups -OCH3 is 2. The standard InChI is InChI=1S/C16H25NO2S/c1-18-14-7-4-12(16(10-14)19-2)11-17-13-5-8-15(20-3)9-6-13/h4,7,10,13,15,17H,5-6,8-9,11H2,1-3H3. The van der Waals surface area contributed by atoms with Gasteiger partial charge in [0.2, 0.25) is 0 Å². The van der Waals surface area contributed by atoms with E-state index in [1.54, 1.807) is 14.2 Å². The third-order valence-corrected chi connectivity index (χ3v) is 5.22. The summed E-state index contributed by atoms with van der Waals surface area (Å²) in [4.78, 5) is 0. The highest BCUT2D eigenvalue weighted by atomic mass is 32.2. The first-order valence-electron chi connectivity index (χ1n) is 7.24. The molecule has 0 bridgehead atoms. The Labute approximate surface area is 126 Å². The van der Waals surface area contributed by atoms with Crippen molar-refractivity contribution in [2.45, 2.75) is 43.5 Å². The van der Waals surface area contributed by atoms with Crippen LogP contribution in [0.2, 0.25) is 0 Å². The summed E-state index contributed by atoms with van der Waals surface area (Å²) in [5.74, 6) is 1.74. The molecular formula is C16H25NO2S. The first kappa shape index (κ1) is 15.5. The molecule has 1 N–H and O–H groups in total. The van der Waals surface area contributed by atoms with Crippen LogP contribution in [0.5, 0.6) is 11.5 Å². The van der Waals surface area contributed by atoms with Crippen LogP contribution in [0, 0.1) is 0 Å². The fourth-order valence-corrected chi connectivity index (χ4v) is 3.50. The topological polar surface area (TPSA) is 30.5 Å². The SMILES string of the molecule is COc1ccc(CNC2CCC(SC)CC2)c(OC)c1. The number of benzene rings is 1. The van der Waals surface area contributed by atoms with Crippen LogP contribution in [0.4, 0.5) is 0 Å². The molecule has 20 heavy (non-hydrogen) atoms. The van der Waals surface area contributed by atoms with Crippen LogP contribution in [0.1, 0.15) is 31.2 Å². The molecule has 0 radical (unpaired) electrons. The highest BCUT2D eigenvalue weighted by Gasteiger charge is 2.20. The summed E-state index contributed by atoms with van der Waals surface area (Å²) in [6, 6.07) is 6.66. The van der Waals surface area contributed by atoms with E-state index in [1.807, 2.05) is 23.9 Å². The van der Waals surface area contributed by atoms with Crippen LogP contribution in [0.25, 0.3) is 0 Å². The van der Waals surface area contributed by atoms with Gasteiger partial charge in [0.25, 0.3) is 0 Å². The van der Waals surface area contributed by atoms with Gasteiger partial charge < -0.3 is 14.8 Å². The monoisotopic (exact) mass is 295 g/mol. The molecule has 4 heteroatoms. The van der Waals surface area contributed by atoms with Gasteiger partial charge in [-0.2, -0.15) is 11.8 Å². The summed E-state index contributed by atoms with van der Waals surface area (Å²) in [5, 5.41) is 4.53. The van der Waals surface area contributed by atoms with Gasteiger partial charge in [-0.15, -0.1) is 0 Å². The summed E-state index contributed by atoms with van der Waals surface area (Å²) >= 11 is 2.01. The summed E-state index contributed by atoms with van der Waals surface area (Å²) in [5.41, 5.74) is 1.19. The van der Waals surface area contributed by atoms with E-state index in [4.69, 9.17) is 9.47 Å². The minimum absolute atomic E-state index is 0.644. The second-order valence-corrected chi connectivity index (χ2v) is 6.41. The van der Waals surface area contributed by atoms with Gasteiger partial charge in [0.05, 0.1) is 14.2 Å². The molecule has 0 saturated heterocycles. The Kier molecular flexibility index (Phi) is 6.05. The van der Waals surface area contributed by atoms with Gasteiger partial charge in [-0.25, -0.2) is 0 Å². The van der Waals surface area contributed by atoms with E-state index in [9.17, 15) is 0 Å². The van der Waals surface area contributed by atoms with E-state index >= 15 is 0 Å². The van der Waals surface area contributed by atoms with Crippen molar-refractivity contribution < 1.29 is 9.47 Å². The van der Waals surface area contributed by atoms with E-state index < -0.39 is 0 Å². The van der Waals surface area contributed by atoms with Crippen LogP contribution in [0.15, 0.2) is 18.2 Å². The maximum atomic E-state index is 5.44. The second kappa shape index (κ2) is 7.79. The highest BCUT2D eigenvalue weighted by Crippen LogP contribution is 2.28. The van der Waals surface area contributed by atoms with Gasteiger partial charge in [0.1, 0.15) is 11.5 Å². The smallest absolute Gasteiger partial charge is 0.127 e. The van der Waals surface area contributed by atoms with Crippen LogP contribution < -0.4 is 14.8 Å². The number of thioether (sulfide) groups is 1. The Balaban J connectivity index is 1.88. The molecule has 1 aliphatic carbocycles. The van der Waals surface area contributed by atoms with E-state index in [-0.39, 0.29) is 0 Å². The zero-order valence-electron chi connectivity index (χ0n) is 12.6. The largest absolute Gasteiger partial charge is 0.497 e. The van der Waals surface area contributed by atoms with Crippen molar-refractivity contribution in [3.8, 4) is 11.5 Å². The summed E-state index contributed by atoms with van der Waals surface area (Å²) in [7, 11) is 3.39. The van der Waals surface area contributed by atoms with Gasteiger partial charge in [-0.3, -0.25) is 0 Å². The number of hydrogen-bond acceptors (Lipinski definition) is 4. The zero-order valence-corrected chi connectivity index (χ0v) is 13.5. The first-order valence-corrected chi connectivity index (χ1v) is 8.52. The lowest BCUT2D eigenvalue weighted by atomic mass is 9.95. The predicted molar refractivity (Wildman–Crippen MR) is 85.9 cm³/mol. The first-order chi connectivity index (χ1) is 9.76. The maximum absolute atomic E-state index is 5.44. The summed E-state index contributed by atoms with van der Waals surface area (Å²) < 4.78 is 10.7. The van der Waals surface area contributed by atoms with Crippen molar-refractivity contribution in [3.63, 3.8) is 0 Å². The molecular weight excluding hydrogens is 270 g/mol. The lowest BCUT2D eigenvalue weighted by molar-refractivity contribution is 0.367. The zero-order chi connectivity index (χ0) is 14.4. The number of hydrogen-bond donors (Lipinski definition) is 1. The van der Waals surface area contributed by atoms with Gasteiger partial charge in [0, 0.05) is 29.5 Å². The Bertz CT molecular complexity index is 417. The molecule has 0 amide bonds. The molecule has 0 spiro atoms. The Hall–Kier alpha value is -0.870. The Morgan fingerprint density at radius 3 is 2.50 bits per heavy atom. The number of ether oxygens (including phenoxy) is 2. The molecule has 0 heterocycles. The van der Waals surface area contributed by atoms with Gasteiger partial charge in [0.15, 0.2) is 0 Å². The molecule has 112 valence electrons. The summed E-state index contributed by atoms with van der Waals surface area (Å²) in [6.07, 6.45) is 7.45. The van der Waals surface area contributed by atoms with Crippen molar-refractivity contribution in [3.05, 3.63) is 23.8 Å². The highest BCUT2D eigenvalue weighted by molar-refractivity contribution is 7.99. The van der Waals surface area contributed by atoms with E-state index in [2.05, 4.69) is 17.6 Å². The molecule has 0 unspecified atom stereocenters. The second-order valence-electron chi connectivity index (χ2n) is 5.27. The molecule has 1 fully saturated rings. The lowest BCUT2D eigenvalue weighted by Crippen LogP contribution is -2.33. The summed E-state index contributed by atoms with van der Waals surface area (Å²) in [6.45, 7) is 0.863. The van der Waals surface area contributed by atoms with Crippen molar-refractivity contribution in [2.75, 3.05) is 20.5 Å². The van der Waals surface area contributed by atoms with Crippen molar-refractivity contribution in [1.82, 2.24) is 5.32 Å². The lowest BCUT2D eigenvalue weighted by Gasteiger charge is -2.28. The van der Waals surface area contributed by atoms with E-state index in [0.29, 0.717) is 6.04 Å². The average molecular weight is 295 g/mol. The van der Waals surface area contributed by atoms with Crippen LogP contribution in [0.3, 0.4) is 0 Å². The third kappa shape index (κ3) is 4.06. The molecule has 1 aromatic carbocycles. The average Bonchev–Trinajstić information content (AvgIpc) is 2.53. The molecule has 0 aliphatic heterocycles. The van der Waals surface area contributed by atoms with Crippen LogP contribution in [-0.2, 0) is 6.54 Å². The van der Waals surface area contributed by atoms with Crippen molar-refractivity contribution in [2.24, 2.45) is 0 Å². The van der Waals surface area contributed by atoms with Crippen LogP contribution in [-0.4, -0.2) is 31.8 Å². The fourth-order valence-electron chi connectivity index (χ4n) is 2.75. The van der Waals surface area contributed by atoms with Gasteiger partial charge in [-0.1, -0.05) is 6.07 Å². The predicted octanol–water partition coefficient (Wildman–Crippen LogP) is 3.47. The normalized spacial score (nSPS) is 22.6. The fraction of sp³-hybridized carbons (Fsp3) is 0.625. The maximum Gasteiger partial charge on any atom is 0.127 e. The molecule has 0 aromatic heterocycles. The molecule has 3 nitrogen and oxygen atoms in total. The Morgan fingerprint density at radius 1 is 1.15 bits per heavy atom. The van der Waals surface area contributed by atoms with Crippen molar-refractivity contribution >= 4 is 11.8 Å². The van der Waals surface area contributed by atoms with E-state index in [0.717, 1.165) is 23.3 Å². The molecule has 1 saturated carbocycles.